The monoisotopic (exact) mass is 696 g/mol. The Kier molecular flexibility index (Phi) is 13.4. The van der Waals surface area contributed by atoms with Gasteiger partial charge in [0.05, 0.1) is 31.5 Å². The number of likely N-dealkylation sites (N-methyl/N-ethyl adjacent to an activating group) is 2. The Morgan fingerprint density at radius 2 is 1.42 bits per heavy atom. The number of Topliss-reactive ketones (excluding diaryl/α,β-unsaturated/α-hetero) is 2. The van der Waals surface area contributed by atoms with Crippen LogP contribution in [0.2, 0.25) is 0 Å². The average Bonchev–Trinajstić information content (AvgIpc) is 3.55. The number of hydrogen-bond donors (Lipinski definition) is 2. The van der Waals surface area contributed by atoms with E-state index in [1.807, 2.05) is 0 Å². The molecule has 0 saturated carbocycles. The van der Waals surface area contributed by atoms with E-state index in [-0.39, 0.29) is 45.0 Å². The number of likely N-dealkylation sites (tertiary alicyclic amines) is 2. The van der Waals surface area contributed by atoms with Crippen LogP contribution in [-0.4, -0.2) is 125 Å². The lowest BCUT2D eigenvalue weighted by Gasteiger charge is -2.17. The molecular weight excluding hydrogens is 656 g/mol. The lowest BCUT2D eigenvalue weighted by atomic mass is 10.1. The van der Waals surface area contributed by atoms with Crippen LogP contribution in [-0.2, 0) is 38.2 Å². The maximum absolute atomic E-state index is 12.9. The summed E-state index contributed by atoms with van der Waals surface area (Å²) >= 11 is 0. The fraction of sp³-hybridized carbons (Fsp3) is 0.441. The van der Waals surface area contributed by atoms with E-state index in [0.29, 0.717) is 29.9 Å². The summed E-state index contributed by atoms with van der Waals surface area (Å²) in [6, 6.07) is 12.7. The molecular formula is C34H40N4O12. The number of rotatable bonds is 17. The van der Waals surface area contributed by atoms with Crippen LogP contribution in [0.3, 0.4) is 0 Å². The highest BCUT2D eigenvalue weighted by Gasteiger charge is 2.43. The van der Waals surface area contributed by atoms with Gasteiger partial charge < -0.3 is 39.2 Å². The molecule has 2 saturated heterocycles. The number of carbonyl (C=O) groups is 7. The third-order valence-electron chi connectivity index (χ3n) is 7.96. The van der Waals surface area contributed by atoms with Crippen molar-refractivity contribution in [1.29, 1.82) is 0 Å². The summed E-state index contributed by atoms with van der Waals surface area (Å²) in [6.07, 6.45) is -0.159. The summed E-state index contributed by atoms with van der Waals surface area (Å²) in [5.74, 6) is -4.92. The smallest absolute Gasteiger partial charge is 0.340 e. The van der Waals surface area contributed by atoms with Crippen LogP contribution in [0.15, 0.2) is 48.5 Å². The van der Waals surface area contributed by atoms with Crippen LogP contribution >= 0.6 is 0 Å². The Bertz CT molecular complexity index is 1580. The summed E-state index contributed by atoms with van der Waals surface area (Å²) in [5, 5.41) is 5.36. The molecule has 3 amide bonds. The SMILES string of the molecule is COC(=O)c1cccc(OCCCNC(=O)C2CN(C)C(OCOC(=O)c3ccc(OCCCNC(=O)C4CN(C)C(=O)C4=O)cc3)C2=O)c1. The first-order valence-corrected chi connectivity index (χ1v) is 15.9. The molecule has 0 aromatic heterocycles. The Morgan fingerprint density at radius 1 is 0.780 bits per heavy atom. The zero-order valence-electron chi connectivity index (χ0n) is 28.0. The van der Waals surface area contributed by atoms with E-state index in [2.05, 4.69) is 10.6 Å². The number of hydrogen-bond acceptors (Lipinski definition) is 13. The van der Waals surface area contributed by atoms with Gasteiger partial charge in [-0.05, 0) is 62.4 Å². The number of ketones is 2. The molecule has 3 atom stereocenters. The molecule has 268 valence electrons. The van der Waals surface area contributed by atoms with Gasteiger partial charge in [0.1, 0.15) is 23.3 Å². The molecule has 0 spiro atoms. The second-order valence-corrected chi connectivity index (χ2v) is 11.6. The molecule has 0 radical (unpaired) electrons. The number of benzene rings is 2. The van der Waals surface area contributed by atoms with Crippen molar-refractivity contribution in [2.75, 3.05) is 67.4 Å². The molecule has 2 aromatic carbocycles. The Labute approximate surface area is 288 Å². The third-order valence-corrected chi connectivity index (χ3v) is 7.96. The number of nitrogens with one attached hydrogen (secondary N) is 2. The number of ether oxygens (including phenoxy) is 5. The normalized spacial score (nSPS) is 18.9. The fourth-order valence-corrected chi connectivity index (χ4v) is 5.21. The molecule has 2 aromatic rings. The Balaban J connectivity index is 1.09. The predicted molar refractivity (Wildman–Crippen MR) is 173 cm³/mol. The van der Waals surface area contributed by atoms with Gasteiger partial charge in [-0.15, -0.1) is 0 Å². The van der Waals surface area contributed by atoms with Crippen molar-refractivity contribution in [3.8, 4) is 11.5 Å². The minimum atomic E-state index is -1.06. The summed E-state index contributed by atoms with van der Waals surface area (Å²) in [4.78, 5) is 88.1. The van der Waals surface area contributed by atoms with Gasteiger partial charge in [0.15, 0.2) is 18.8 Å². The second kappa shape index (κ2) is 17.9. The number of carbonyl (C=O) groups excluding carboxylic acids is 7. The van der Waals surface area contributed by atoms with Gasteiger partial charge in [0, 0.05) is 33.2 Å². The molecule has 2 aliphatic rings. The van der Waals surface area contributed by atoms with Crippen molar-refractivity contribution in [2.24, 2.45) is 11.8 Å². The first-order valence-electron chi connectivity index (χ1n) is 15.9. The summed E-state index contributed by atoms with van der Waals surface area (Å²) in [6.45, 7) is 0.721. The maximum atomic E-state index is 12.9. The lowest BCUT2D eigenvalue weighted by Crippen LogP contribution is -2.37. The van der Waals surface area contributed by atoms with E-state index in [1.54, 1.807) is 48.3 Å². The lowest BCUT2D eigenvalue weighted by molar-refractivity contribution is -0.148. The van der Waals surface area contributed by atoms with Crippen LogP contribution in [0.5, 0.6) is 11.5 Å². The summed E-state index contributed by atoms with van der Waals surface area (Å²) in [5.41, 5.74) is 0.580. The minimum Gasteiger partial charge on any atom is -0.494 e. The van der Waals surface area contributed by atoms with Gasteiger partial charge in [0.25, 0.3) is 5.91 Å². The van der Waals surface area contributed by atoms with Crippen LogP contribution < -0.4 is 20.1 Å². The average molecular weight is 697 g/mol. The van der Waals surface area contributed by atoms with E-state index in [9.17, 15) is 33.6 Å². The standard InChI is InChI=1S/C34H40N4O12/c1-37-18-25(27(39)31(37)43)29(41)35-13-5-15-47-23-11-9-21(10-12-23)34(45)50-20-49-32-28(40)26(19-38(32)2)30(42)36-14-6-16-48-24-8-4-7-22(17-24)33(44)46-3/h4,7-12,17,25-26,32H,5-6,13-16,18-20H2,1-3H3,(H,35,41)(H,36,42). The zero-order valence-corrected chi connectivity index (χ0v) is 28.0. The minimum absolute atomic E-state index is 0.0639. The number of methoxy groups -OCH3 is 1. The highest BCUT2D eigenvalue weighted by Crippen LogP contribution is 2.20. The van der Waals surface area contributed by atoms with Crippen LogP contribution in [0.25, 0.3) is 0 Å². The first kappa shape index (κ1) is 37.5. The first-order chi connectivity index (χ1) is 24.0. The fourth-order valence-electron chi connectivity index (χ4n) is 5.21. The summed E-state index contributed by atoms with van der Waals surface area (Å²) in [7, 11) is 4.39. The van der Waals surface area contributed by atoms with E-state index in [1.165, 1.54) is 31.2 Å². The molecule has 0 bridgehead atoms. The van der Waals surface area contributed by atoms with Gasteiger partial charge in [-0.2, -0.15) is 0 Å². The van der Waals surface area contributed by atoms with E-state index < -0.39 is 66.1 Å². The van der Waals surface area contributed by atoms with Crippen LogP contribution in [0, 0.1) is 11.8 Å². The predicted octanol–water partition coefficient (Wildman–Crippen LogP) is 0.189. The van der Waals surface area contributed by atoms with Crippen molar-refractivity contribution >= 4 is 41.2 Å². The maximum Gasteiger partial charge on any atom is 0.340 e. The number of nitrogens with zero attached hydrogens (tertiary/aromatic N) is 2. The van der Waals surface area contributed by atoms with Gasteiger partial charge in [0.2, 0.25) is 17.6 Å². The van der Waals surface area contributed by atoms with E-state index in [4.69, 9.17) is 23.7 Å². The largest absolute Gasteiger partial charge is 0.494 e. The number of amides is 3. The van der Waals surface area contributed by atoms with E-state index in [0.717, 1.165) is 0 Å². The van der Waals surface area contributed by atoms with E-state index >= 15 is 0 Å². The van der Waals surface area contributed by atoms with Crippen molar-refractivity contribution in [1.82, 2.24) is 20.4 Å². The van der Waals surface area contributed by atoms with Crippen LogP contribution in [0.4, 0.5) is 0 Å². The molecule has 2 N–H and O–H groups in total. The van der Waals surface area contributed by atoms with Crippen molar-refractivity contribution < 1.29 is 57.2 Å². The van der Waals surface area contributed by atoms with Crippen molar-refractivity contribution in [3.05, 3.63) is 59.7 Å². The topological polar surface area (TPSA) is 196 Å². The summed E-state index contributed by atoms with van der Waals surface area (Å²) < 4.78 is 26.6. The second-order valence-electron chi connectivity index (χ2n) is 11.6. The molecule has 0 aliphatic carbocycles. The third kappa shape index (κ3) is 9.85. The molecule has 4 rings (SSSR count). The molecule has 2 aliphatic heterocycles. The van der Waals surface area contributed by atoms with Crippen molar-refractivity contribution in [3.63, 3.8) is 0 Å². The molecule has 3 unspecified atom stereocenters. The molecule has 2 fully saturated rings. The highest BCUT2D eigenvalue weighted by molar-refractivity contribution is 6.42. The Hall–Kier alpha value is -5.35. The van der Waals surface area contributed by atoms with Gasteiger partial charge in [-0.25, -0.2) is 9.59 Å². The molecule has 2 heterocycles. The van der Waals surface area contributed by atoms with Crippen LogP contribution in [0.1, 0.15) is 33.6 Å². The Morgan fingerprint density at radius 3 is 2.04 bits per heavy atom. The zero-order chi connectivity index (χ0) is 36.2. The number of esters is 2. The van der Waals surface area contributed by atoms with Gasteiger partial charge in [-0.1, -0.05) is 6.07 Å². The van der Waals surface area contributed by atoms with Crippen molar-refractivity contribution in [2.45, 2.75) is 19.1 Å². The molecule has 50 heavy (non-hydrogen) atoms. The van der Waals surface area contributed by atoms with Gasteiger partial charge >= 0.3 is 11.9 Å². The molecule has 16 nitrogen and oxygen atoms in total. The van der Waals surface area contributed by atoms with Gasteiger partial charge in [-0.3, -0.25) is 28.9 Å². The molecule has 16 heteroatoms. The highest BCUT2D eigenvalue weighted by atomic mass is 16.7. The quantitative estimate of drug-likeness (QED) is 0.0749.